The predicted octanol–water partition coefficient (Wildman–Crippen LogP) is 2.70. The third-order valence-electron chi connectivity index (χ3n) is 3.90. The molecule has 1 amide bonds. The highest BCUT2D eigenvalue weighted by atomic mass is 16.5. The molecule has 4 heteroatoms. The molecule has 0 aromatic heterocycles. The third kappa shape index (κ3) is 4.11. The molecule has 0 spiro atoms. The molecule has 0 fully saturated rings. The summed E-state index contributed by atoms with van der Waals surface area (Å²) in [6.07, 6.45) is 0. The van der Waals surface area contributed by atoms with Crippen LogP contribution in [0.15, 0.2) is 42.5 Å². The molecule has 1 unspecified atom stereocenters. The van der Waals surface area contributed by atoms with Gasteiger partial charge >= 0.3 is 0 Å². The van der Waals surface area contributed by atoms with E-state index < -0.39 is 5.92 Å². The molecule has 1 atom stereocenters. The number of ether oxygens (including phenoxy) is 1. The summed E-state index contributed by atoms with van der Waals surface area (Å²) in [6.45, 7) is 4.14. The molecule has 0 aliphatic rings. The standard InChI is InChI=1S/C19H23NO3/c1-13-8-9-14(2)18(10-13)23-12-15-6-4-5-7-16(15)17(11-21)19(22)20-3/h4-10,17,21H,11-12H2,1-3H3,(H,20,22). The van der Waals surface area contributed by atoms with Crippen LogP contribution in [0.4, 0.5) is 0 Å². The summed E-state index contributed by atoms with van der Waals surface area (Å²) in [7, 11) is 1.57. The minimum Gasteiger partial charge on any atom is -0.489 e. The van der Waals surface area contributed by atoms with Crippen molar-refractivity contribution in [2.75, 3.05) is 13.7 Å². The molecule has 0 heterocycles. The second-order valence-electron chi connectivity index (χ2n) is 5.61. The second-order valence-corrected chi connectivity index (χ2v) is 5.61. The van der Waals surface area contributed by atoms with Gasteiger partial charge in [0.1, 0.15) is 12.4 Å². The van der Waals surface area contributed by atoms with Gasteiger partial charge in [-0.15, -0.1) is 0 Å². The monoisotopic (exact) mass is 313 g/mol. The zero-order valence-electron chi connectivity index (χ0n) is 13.8. The Morgan fingerprint density at radius 3 is 2.65 bits per heavy atom. The first-order valence-electron chi connectivity index (χ1n) is 7.67. The van der Waals surface area contributed by atoms with E-state index in [4.69, 9.17) is 4.74 Å². The summed E-state index contributed by atoms with van der Waals surface area (Å²) in [4.78, 5) is 12.0. The number of nitrogens with one attached hydrogen (secondary N) is 1. The van der Waals surface area contributed by atoms with Crippen LogP contribution in [0.3, 0.4) is 0 Å². The normalized spacial score (nSPS) is 11.8. The van der Waals surface area contributed by atoms with Crippen LogP contribution in [0.5, 0.6) is 5.75 Å². The van der Waals surface area contributed by atoms with Crippen molar-refractivity contribution in [1.29, 1.82) is 0 Å². The molecule has 2 N–H and O–H groups in total. The van der Waals surface area contributed by atoms with Crippen molar-refractivity contribution in [2.45, 2.75) is 26.4 Å². The lowest BCUT2D eigenvalue weighted by molar-refractivity contribution is -0.122. The Hall–Kier alpha value is -2.33. The molecule has 0 aliphatic heterocycles. The van der Waals surface area contributed by atoms with E-state index in [-0.39, 0.29) is 12.5 Å². The highest BCUT2D eigenvalue weighted by Gasteiger charge is 2.21. The van der Waals surface area contributed by atoms with Crippen LogP contribution in [-0.4, -0.2) is 24.7 Å². The van der Waals surface area contributed by atoms with E-state index in [1.807, 2.05) is 56.3 Å². The van der Waals surface area contributed by atoms with Crippen molar-refractivity contribution in [2.24, 2.45) is 0 Å². The molecule has 0 aliphatic carbocycles. The Bertz CT molecular complexity index is 682. The Kier molecular flexibility index (Phi) is 5.77. The van der Waals surface area contributed by atoms with Gasteiger partial charge in [0.25, 0.3) is 0 Å². The topological polar surface area (TPSA) is 58.6 Å². The molecule has 2 aromatic carbocycles. The molecule has 122 valence electrons. The van der Waals surface area contributed by atoms with Crippen molar-refractivity contribution in [1.82, 2.24) is 5.32 Å². The van der Waals surface area contributed by atoms with E-state index in [1.54, 1.807) is 7.05 Å². The van der Waals surface area contributed by atoms with Gasteiger partial charge in [-0.1, -0.05) is 36.4 Å². The first-order chi connectivity index (χ1) is 11.1. The van der Waals surface area contributed by atoms with Crippen LogP contribution >= 0.6 is 0 Å². The van der Waals surface area contributed by atoms with Crippen LogP contribution in [0, 0.1) is 13.8 Å². The lowest BCUT2D eigenvalue weighted by atomic mass is 9.94. The quantitative estimate of drug-likeness (QED) is 0.862. The summed E-state index contributed by atoms with van der Waals surface area (Å²) in [6, 6.07) is 13.6. The third-order valence-corrected chi connectivity index (χ3v) is 3.90. The molecule has 0 saturated heterocycles. The van der Waals surface area contributed by atoms with Crippen molar-refractivity contribution >= 4 is 5.91 Å². The molecule has 0 bridgehead atoms. The number of rotatable bonds is 6. The van der Waals surface area contributed by atoms with Crippen LogP contribution in [0.2, 0.25) is 0 Å². The number of likely N-dealkylation sites (N-methyl/N-ethyl adjacent to an activating group) is 1. The van der Waals surface area contributed by atoms with E-state index in [2.05, 4.69) is 5.32 Å². The smallest absolute Gasteiger partial charge is 0.229 e. The summed E-state index contributed by atoms with van der Waals surface area (Å²) in [5.41, 5.74) is 3.89. The van der Waals surface area contributed by atoms with Crippen LogP contribution in [-0.2, 0) is 11.4 Å². The highest BCUT2D eigenvalue weighted by Crippen LogP contribution is 2.24. The first-order valence-corrected chi connectivity index (χ1v) is 7.67. The fraction of sp³-hybridized carbons (Fsp3) is 0.316. The Labute approximate surface area is 137 Å². The minimum absolute atomic E-state index is 0.202. The lowest BCUT2D eigenvalue weighted by Crippen LogP contribution is -2.29. The van der Waals surface area contributed by atoms with E-state index in [0.717, 1.165) is 28.0 Å². The van der Waals surface area contributed by atoms with Crippen LogP contribution in [0.1, 0.15) is 28.2 Å². The van der Waals surface area contributed by atoms with Crippen LogP contribution in [0.25, 0.3) is 0 Å². The number of amides is 1. The van der Waals surface area contributed by atoms with Gasteiger partial charge in [-0.2, -0.15) is 0 Å². The lowest BCUT2D eigenvalue weighted by Gasteiger charge is -2.18. The molecule has 2 aromatic rings. The average Bonchev–Trinajstić information content (AvgIpc) is 2.57. The molecule has 0 saturated carbocycles. The SMILES string of the molecule is CNC(=O)C(CO)c1ccccc1COc1cc(C)ccc1C. The van der Waals surface area contributed by atoms with E-state index >= 15 is 0 Å². The van der Waals surface area contributed by atoms with Gasteiger partial charge < -0.3 is 15.2 Å². The molecular formula is C19H23NO3. The van der Waals surface area contributed by atoms with E-state index in [9.17, 15) is 9.90 Å². The number of aryl methyl sites for hydroxylation is 2. The molecular weight excluding hydrogens is 290 g/mol. The van der Waals surface area contributed by atoms with E-state index in [0.29, 0.717) is 6.61 Å². The number of hydrogen-bond acceptors (Lipinski definition) is 3. The number of benzene rings is 2. The molecule has 4 nitrogen and oxygen atoms in total. The Morgan fingerprint density at radius 1 is 1.22 bits per heavy atom. The van der Waals surface area contributed by atoms with Gasteiger partial charge in [-0.05, 0) is 42.2 Å². The van der Waals surface area contributed by atoms with Crippen molar-refractivity contribution in [3.05, 3.63) is 64.7 Å². The van der Waals surface area contributed by atoms with Gasteiger partial charge in [0.15, 0.2) is 0 Å². The van der Waals surface area contributed by atoms with E-state index in [1.165, 1.54) is 0 Å². The summed E-state index contributed by atoms with van der Waals surface area (Å²) in [5, 5.41) is 12.2. The molecule has 23 heavy (non-hydrogen) atoms. The maximum atomic E-state index is 12.0. The van der Waals surface area contributed by atoms with Gasteiger partial charge in [0.2, 0.25) is 5.91 Å². The largest absolute Gasteiger partial charge is 0.489 e. The highest BCUT2D eigenvalue weighted by molar-refractivity contribution is 5.83. The summed E-state index contributed by atoms with van der Waals surface area (Å²) < 4.78 is 5.94. The summed E-state index contributed by atoms with van der Waals surface area (Å²) >= 11 is 0. The number of hydrogen-bond donors (Lipinski definition) is 2. The second kappa shape index (κ2) is 7.79. The number of carbonyl (C=O) groups excluding carboxylic acids is 1. The number of aliphatic hydroxyl groups is 1. The molecule has 0 radical (unpaired) electrons. The first kappa shape index (κ1) is 17.0. The molecule has 2 rings (SSSR count). The number of carbonyl (C=O) groups is 1. The van der Waals surface area contributed by atoms with Gasteiger partial charge in [0.05, 0.1) is 12.5 Å². The fourth-order valence-electron chi connectivity index (χ4n) is 2.52. The van der Waals surface area contributed by atoms with Crippen molar-refractivity contribution in [3.63, 3.8) is 0 Å². The summed E-state index contributed by atoms with van der Waals surface area (Å²) in [5.74, 6) is 0.0467. The Balaban J connectivity index is 2.23. The van der Waals surface area contributed by atoms with Gasteiger partial charge in [0, 0.05) is 7.05 Å². The van der Waals surface area contributed by atoms with Crippen molar-refractivity contribution < 1.29 is 14.6 Å². The van der Waals surface area contributed by atoms with Gasteiger partial charge in [-0.25, -0.2) is 0 Å². The predicted molar refractivity (Wildman–Crippen MR) is 90.6 cm³/mol. The fourth-order valence-corrected chi connectivity index (χ4v) is 2.52. The zero-order valence-corrected chi connectivity index (χ0v) is 13.8. The van der Waals surface area contributed by atoms with Crippen LogP contribution < -0.4 is 10.1 Å². The van der Waals surface area contributed by atoms with Crippen molar-refractivity contribution in [3.8, 4) is 5.75 Å². The Morgan fingerprint density at radius 2 is 1.96 bits per heavy atom. The van der Waals surface area contributed by atoms with Gasteiger partial charge in [-0.3, -0.25) is 4.79 Å². The maximum Gasteiger partial charge on any atom is 0.229 e. The minimum atomic E-state index is -0.585. The number of aliphatic hydroxyl groups excluding tert-OH is 1. The zero-order chi connectivity index (χ0) is 16.8. The maximum absolute atomic E-state index is 12.0. The average molecular weight is 313 g/mol.